The van der Waals surface area contributed by atoms with Crippen LogP contribution < -0.4 is 5.32 Å². The molecule has 3 aromatic rings. The van der Waals surface area contributed by atoms with Crippen LogP contribution in [-0.2, 0) is 23.1 Å². The lowest BCUT2D eigenvalue weighted by Gasteiger charge is -2.20. The van der Waals surface area contributed by atoms with Gasteiger partial charge in [0.1, 0.15) is 17.2 Å². The number of carboxylic acids is 1. The van der Waals surface area contributed by atoms with Gasteiger partial charge in [-0.3, -0.25) is 0 Å². The van der Waals surface area contributed by atoms with Crippen molar-refractivity contribution in [1.82, 2.24) is 14.3 Å². The predicted octanol–water partition coefficient (Wildman–Crippen LogP) is 3.53. The Morgan fingerprint density at radius 3 is 2.37 bits per heavy atom. The number of anilines is 2. The minimum absolute atomic E-state index is 0.0821. The Hall–Kier alpha value is -3.01. The summed E-state index contributed by atoms with van der Waals surface area (Å²) in [7, 11) is -3.59. The number of nitrogens with one attached hydrogen (secondary N) is 1. The maximum Gasteiger partial charge on any atom is 0.341 e. The molecular formula is C20H19ClN4O4S. The molecule has 0 spiro atoms. The normalized spacial score (nSPS) is 11.4. The fraction of sp³-hybridized carbons (Fsp3) is 0.150. The molecule has 156 valence electrons. The molecule has 0 amide bonds. The van der Waals surface area contributed by atoms with Crippen molar-refractivity contribution in [2.24, 2.45) is 0 Å². The number of hydrogen-bond acceptors (Lipinski definition) is 6. The lowest BCUT2D eigenvalue weighted by Crippen LogP contribution is -2.30. The molecule has 1 aromatic heterocycles. The summed E-state index contributed by atoms with van der Waals surface area (Å²) in [5.74, 6) is -0.947. The van der Waals surface area contributed by atoms with Gasteiger partial charge in [0.15, 0.2) is 0 Å². The van der Waals surface area contributed by atoms with E-state index < -0.39 is 16.0 Å². The summed E-state index contributed by atoms with van der Waals surface area (Å²) >= 11 is 5.89. The zero-order chi connectivity index (χ0) is 21.7. The van der Waals surface area contributed by atoms with Gasteiger partial charge in [-0.1, -0.05) is 41.9 Å². The van der Waals surface area contributed by atoms with Crippen LogP contribution in [0.3, 0.4) is 0 Å². The van der Waals surface area contributed by atoms with Gasteiger partial charge in [-0.05, 0) is 29.8 Å². The number of carboxylic acid groups (broad SMARTS) is 1. The summed E-state index contributed by atoms with van der Waals surface area (Å²) in [6.07, 6.45) is 2.26. The van der Waals surface area contributed by atoms with Gasteiger partial charge in [0, 0.05) is 23.5 Å². The quantitative estimate of drug-likeness (QED) is 0.544. The summed E-state index contributed by atoms with van der Waals surface area (Å²) in [5, 5.41) is 12.9. The van der Waals surface area contributed by atoms with Gasteiger partial charge in [0.2, 0.25) is 10.0 Å². The average molecular weight is 447 g/mol. The molecule has 0 saturated carbocycles. The average Bonchev–Trinajstić information content (AvgIpc) is 2.69. The highest BCUT2D eigenvalue weighted by atomic mass is 35.5. The maximum absolute atomic E-state index is 12.3. The monoisotopic (exact) mass is 446 g/mol. The molecular weight excluding hydrogens is 428 g/mol. The summed E-state index contributed by atoms with van der Waals surface area (Å²) in [5.41, 5.74) is 1.27. The lowest BCUT2D eigenvalue weighted by molar-refractivity contribution is 0.0697. The Labute approximate surface area is 179 Å². The van der Waals surface area contributed by atoms with Crippen molar-refractivity contribution in [2.45, 2.75) is 13.1 Å². The molecule has 0 fully saturated rings. The largest absolute Gasteiger partial charge is 0.477 e. The van der Waals surface area contributed by atoms with Gasteiger partial charge in [-0.2, -0.15) is 4.31 Å². The van der Waals surface area contributed by atoms with Crippen LogP contribution in [0.15, 0.2) is 60.8 Å². The topological polar surface area (TPSA) is 112 Å². The smallest absolute Gasteiger partial charge is 0.341 e. The van der Waals surface area contributed by atoms with Crippen LogP contribution in [-0.4, -0.2) is 40.0 Å². The number of hydrogen-bond donors (Lipinski definition) is 2. The first-order chi connectivity index (χ1) is 14.2. The van der Waals surface area contributed by atoms with Gasteiger partial charge < -0.3 is 10.4 Å². The standard InChI is InChI=1S/C20H19ClN4O4S/c1-30(28,29)25(12-14-7-9-15(21)10-8-14)13-18-22-11-17(20(26)27)19(24-18)23-16-5-3-2-4-6-16/h2-11H,12-13H2,1H3,(H,26,27)(H,22,23,24). The first-order valence-corrected chi connectivity index (χ1v) is 11.1. The van der Waals surface area contributed by atoms with E-state index in [1.807, 2.05) is 6.07 Å². The summed E-state index contributed by atoms with van der Waals surface area (Å²) < 4.78 is 25.8. The van der Waals surface area contributed by atoms with Crippen molar-refractivity contribution >= 4 is 39.1 Å². The fourth-order valence-electron chi connectivity index (χ4n) is 2.65. The number of aromatic carboxylic acids is 1. The third-order valence-electron chi connectivity index (χ3n) is 4.16. The Kier molecular flexibility index (Phi) is 6.66. The number of carbonyl (C=O) groups is 1. The number of rotatable bonds is 8. The molecule has 10 heteroatoms. The molecule has 2 aromatic carbocycles. The van der Waals surface area contributed by atoms with Crippen LogP contribution in [0.4, 0.5) is 11.5 Å². The zero-order valence-corrected chi connectivity index (χ0v) is 17.6. The number of nitrogens with zero attached hydrogens (tertiary/aromatic N) is 3. The van der Waals surface area contributed by atoms with E-state index in [0.717, 1.165) is 11.8 Å². The van der Waals surface area contributed by atoms with E-state index in [1.165, 1.54) is 10.5 Å². The van der Waals surface area contributed by atoms with Crippen LogP contribution >= 0.6 is 11.6 Å². The second-order valence-corrected chi connectivity index (χ2v) is 8.92. The summed E-state index contributed by atoms with van der Waals surface area (Å²) in [6, 6.07) is 15.8. The first-order valence-electron chi connectivity index (χ1n) is 8.83. The van der Waals surface area contributed by atoms with Gasteiger partial charge in [-0.15, -0.1) is 0 Å². The Morgan fingerprint density at radius 1 is 1.10 bits per heavy atom. The zero-order valence-electron chi connectivity index (χ0n) is 16.0. The summed E-state index contributed by atoms with van der Waals surface area (Å²) in [6.45, 7) is -0.0215. The Balaban J connectivity index is 1.89. The number of para-hydroxylation sites is 1. The van der Waals surface area contributed by atoms with Crippen LogP contribution in [0.2, 0.25) is 5.02 Å². The molecule has 3 rings (SSSR count). The number of benzene rings is 2. The van der Waals surface area contributed by atoms with E-state index in [4.69, 9.17) is 11.6 Å². The number of aromatic nitrogens is 2. The highest BCUT2D eigenvalue weighted by Gasteiger charge is 2.21. The highest BCUT2D eigenvalue weighted by molar-refractivity contribution is 7.88. The van der Waals surface area contributed by atoms with Crippen molar-refractivity contribution in [3.8, 4) is 0 Å². The van der Waals surface area contributed by atoms with Gasteiger partial charge in [-0.25, -0.2) is 23.2 Å². The Bertz CT molecular complexity index is 1140. The summed E-state index contributed by atoms with van der Waals surface area (Å²) in [4.78, 5) is 19.9. The number of sulfonamides is 1. The molecule has 0 saturated heterocycles. The van der Waals surface area contributed by atoms with E-state index in [2.05, 4.69) is 15.3 Å². The van der Waals surface area contributed by atoms with Crippen LogP contribution in [0.25, 0.3) is 0 Å². The lowest BCUT2D eigenvalue weighted by atomic mass is 10.2. The van der Waals surface area contributed by atoms with E-state index in [-0.39, 0.29) is 30.3 Å². The molecule has 1 heterocycles. The highest BCUT2D eigenvalue weighted by Crippen LogP contribution is 2.20. The molecule has 0 radical (unpaired) electrons. The van der Waals surface area contributed by atoms with Crippen molar-refractivity contribution in [3.05, 3.63) is 82.8 Å². The van der Waals surface area contributed by atoms with Crippen LogP contribution in [0, 0.1) is 0 Å². The molecule has 0 aliphatic heterocycles. The molecule has 30 heavy (non-hydrogen) atoms. The SMILES string of the molecule is CS(=O)(=O)N(Cc1ccc(Cl)cc1)Cc1ncc(C(=O)O)c(Nc2ccccc2)n1. The van der Waals surface area contributed by atoms with Gasteiger partial charge >= 0.3 is 5.97 Å². The third kappa shape index (κ3) is 5.76. The molecule has 0 aliphatic rings. The molecule has 2 N–H and O–H groups in total. The number of halogens is 1. The first kappa shape index (κ1) is 21.7. The van der Waals surface area contributed by atoms with Crippen LogP contribution in [0.5, 0.6) is 0 Å². The van der Waals surface area contributed by atoms with Crippen molar-refractivity contribution in [1.29, 1.82) is 0 Å². The molecule has 0 unspecified atom stereocenters. The van der Waals surface area contributed by atoms with Gasteiger partial charge in [0.25, 0.3) is 0 Å². The molecule has 0 aliphatic carbocycles. The minimum atomic E-state index is -3.59. The molecule has 0 atom stereocenters. The van der Waals surface area contributed by atoms with Crippen LogP contribution in [0.1, 0.15) is 21.7 Å². The third-order valence-corrected chi connectivity index (χ3v) is 5.61. The minimum Gasteiger partial charge on any atom is -0.477 e. The fourth-order valence-corrected chi connectivity index (χ4v) is 3.51. The second kappa shape index (κ2) is 9.21. The van der Waals surface area contributed by atoms with Crippen molar-refractivity contribution in [2.75, 3.05) is 11.6 Å². The van der Waals surface area contributed by atoms with E-state index in [0.29, 0.717) is 10.7 Å². The van der Waals surface area contributed by atoms with Crippen molar-refractivity contribution in [3.63, 3.8) is 0 Å². The predicted molar refractivity (Wildman–Crippen MR) is 114 cm³/mol. The van der Waals surface area contributed by atoms with Crippen molar-refractivity contribution < 1.29 is 18.3 Å². The van der Waals surface area contributed by atoms with E-state index >= 15 is 0 Å². The Morgan fingerprint density at radius 2 is 1.77 bits per heavy atom. The van der Waals surface area contributed by atoms with E-state index in [9.17, 15) is 18.3 Å². The molecule has 8 nitrogen and oxygen atoms in total. The molecule has 0 bridgehead atoms. The second-order valence-electron chi connectivity index (χ2n) is 6.50. The van der Waals surface area contributed by atoms with Gasteiger partial charge in [0.05, 0.1) is 12.8 Å². The van der Waals surface area contributed by atoms with E-state index in [1.54, 1.807) is 48.5 Å². The maximum atomic E-state index is 12.3.